The fourth-order valence-electron chi connectivity index (χ4n) is 2.13. The summed E-state index contributed by atoms with van der Waals surface area (Å²) in [5.41, 5.74) is 7.49. The lowest BCUT2D eigenvalue weighted by atomic mass is 10.1. The van der Waals surface area contributed by atoms with Gasteiger partial charge < -0.3 is 16.4 Å². The Balaban J connectivity index is 1.85. The van der Waals surface area contributed by atoms with Gasteiger partial charge in [0.05, 0.1) is 6.04 Å². The van der Waals surface area contributed by atoms with Crippen molar-refractivity contribution >= 4 is 29.1 Å². The van der Waals surface area contributed by atoms with E-state index >= 15 is 0 Å². The predicted octanol–water partition coefficient (Wildman–Crippen LogP) is 2.35. The molecule has 5 nitrogen and oxygen atoms in total. The number of halogens is 1. The van der Waals surface area contributed by atoms with Gasteiger partial charge in [-0.25, -0.2) is 0 Å². The highest BCUT2D eigenvalue weighted by Gasteiger charge is 2.20. The van der Waals surface area contributed by atoms with Crippen molar-refractivity contribution in [2.24, 2.45) is 5.73 Å². The van der Waals surface area contributed by atoms with E-state index in [-0.39, 0.29) is 11.8 Å². The molecule has 2 atom stereocenters. The van der Waals surface area contributed by atoms with Crippen LogP contribution in [-0.4, -0.2) is 23.9 Å². The number of benzene rings is 2. The van der Waals surface area contributed by atoms with E-state index in [4.69, 9.17) is 17.3 Å². The minimum Gasteiger partial charge on any atom is -0.343 e. The standard InChI is InChI=1S/C18H20ClN3O2/c1-12(17(23)22-15-5-3-2-4-6-15)21-18(24)16(20)11-13-7-9-14(19)10-8-13/h2-10,12,16H,11,20H2,1H3,(H,21,24)(H,22,23)/t12-,16-/m0/s1. The zero-order chi connectivity index (χ0) is 17.5. The first kappa shape index (κ1) is 18.0. The number of carbonyl (C=O) groups is 2. The van der Waals surface area contributed by atoms with Crippen molar-refractivity contribution in [2.75, 3.05) is 5.32 Å². The Morgan fingerprint density at radius 1 is 1.04 bits per heavy atom. The molecule has 0 saturated heterocycles. The molecular formula is C18H20ClN3O2. The molecule has 0 radical (unpaired) electrons. The van der Waals surface area contributed by atoms with Gasteiger partial charge in [0, 0.05) is 10.7 Å². The molecular weight excluding hydrogens is 326 g/mol. The van der Waals surface area contributed by atoms with E-state index in [0.717, 1.165) is 5.56 Å². The van der Waals surface area contributed by atoms with Gasteiger partial charge in [0.1, 0.15) is 6.04 Å². The second-order valence-corrected chi connectivity index (χ2v) is 5.96. The third-order valence-electron chi connectivity index (χ3n) is 3.50. The normalized spacial score (nSPS) is 13.0. The number of rotatable bonds is 6. The number of carbonyl (C=O) groups excluding carboxylic acids is 2. The van der Waals surface area contributed by atoms with Gasteiger partial charge in [-0.05, 0) is 43.2 Å². The van der Waals surface area contributed by atoms with E-state index in [1.807, 2.05) is 30.3 Å². The summed E-state index contributed by atoms with van der Waals surface area (Å²) < 4.78 is 0. The molecule has 0 spiro atoms. The zero-order valence-electron chi connectivity index (χ0n) is 13.3. The van der Waals surface area contributed by atoms with Crippen LogP contribution in [0.25, 0.3) is 0 Å². The summed E-state index contributed by atoms with van der Waals surface area (Å²) in [4.78, 5) is 24.2. The molecule has 0 unspecified atom stereocenters. The second-order valence-electron chi connectivity index (χ2n) is 5.52. The molecule has 2 amide bonds. The van der Waals surface area contributed by atoms with E-state index in [9.17, 15) is 9.59 Å². The number of hydrogen-bond donors (Lipinski definition) is 3. The fraction of sp³-hybridized carbons (Fsp3) is 0.222. The Morgan fingerprint density at radius 3 is 2.29 bits per heavy atom. The van der Waals surface area contributed by atoms with Crippen molar-refractivity contribution in [2.45, 2.75) is 25.4 Å². The average Bonchev–Trinajstić information content (AvgIpc) is 2.57. The zero-order valence-corrected chi connectivity index (χ0v) is 14.1. The molecule has 0 bridgehead atoms. The molecule has 126 valence electrons. The molecule has 24 heavy (non-hydrogen) atoms. The van der Waals surface area contributed by atoms with E-state index in [2.05, 4.69) is 10.6 Å². The first-order chi connectivity index (χ1) is 11.5. The summed E-state index contributed by atoms with van der Waals surface area (Å²) in [7, 11) is 0. The molecule has 2 rings (SSSR count). The maximum absolute atomic E-state index is 12.1. The Hall–Kier alpha value is -2.37. The Morgan fingerprint density at radius 2 is 1.67 bits per heavy atom. The summed E-state index contributed by atoms with van der Waals surface area (Å²) in [6, 6.07) is 14.8. The van der Waals surface area contributed by atoms with Crippen LogP contribution in [-0.2, 0) is 16.0 Å². The molecule has 0 saturated carbocycles. The SMILES string of the molecule is C[C@H](NC(=O)[C@@H](N)Cc1ccc(Cl)cc1)C(=O)Nc1ccccc1. The molecule has 0 fully saturated rings. The number of nitrogens with two attached hydrogens (primary N) is 1. The van der Waals surface area contributed by atoms with Crippen molar-refractivity contribution < 1.29 is 9.59 Å². The summed E-state index contributed by atoms with van der Waals surface area (Å²) in [6.07, 6.45) is 0.371. The number of nitrogens with one attached hydrogen (secondary N) is 2. The molecule has 6 heteroatoms. The Kier molecular flexibility index (Phi) is 6.35. The minimum atomic E-state index is -0.738. The molecule has 2 aromatic rings. The average molecular weight is 346 g/mol. The quantitative estimate of drug-likeness (QED) is 0.751. The molecule has 0 aliphatic carbocycles. The van der Waals surface area contributed by atoms with Crippen LogP contribution in [0.15, 0.2) is 54.6 Å². The van der Waals surface area contributed by atoms with Gasteiger partial charge in [0.15, 0.2) is 0 Å². The fourth-order valence-corrected chi connectivity index (χ4v) is 2.25. The third kappa shape index (κ3) is 5.37. The number of anilines is 1. The van der Waals surface area contributed by atoms with Gasteiger partial charge in [0.25, 0.3) is 0 Å². The molecule has 4 N–H and O–H groups in total. The molecule has 0 aromatic heterocycles. The van der Waals surface area contributed by atoms with Gasteiger partial charge in [-0.3, -0.25) is 9.59 Å². The summed E-state index contributed by atoms with van der Waals surface area (Å²) in [5.74, 6) is -0.672. The maximum atomic E-state index is 12.1. The maximum Gasteiger partial charge on any atom is 0.246 e. The van der Waals surface area contributed by atoms with Crippen LogP contribution < -0.4 is 16.4 Å². The van der Waals surface area contributed by atoms with Crippen LogP contribution in [0.4, 0.5) is 5.69 Å². The predicted molar refractivity (Wildman–Crippen MR) is 95.8 cm³/mol. The van der Waals surface area contributed by atoms with E-state index in [1.54, 1.807) is 31.2 Å². The smallest absolute Gasteiger partial charge is 0.246 e. The number of amides is 2. The van der Waals surface area contributed by atoms with Crippen LogP contribution >= 0.6 is 11.6 Å². The molecule has 2 aromatic carbocycles. The first-order valence-corrected chi connectivity index (χ1v) is 8.00. The monoisotopic (exact) mass is 345 g/mol. The summed E-state index contributed by atoms with van der Waals surface area (Å²) >= 11 is 5.83. The topological polar surface area (TPSA) is 84.2 Å². The Bertz CT molecular complexity index is 689. The molecule has 0 heterocycles. The minimum absolute atomic E-state index is 0.298. The van der Waals surface area contributed by atoms with Gasteiger partial charge >= 0.3 is 0 Å². The van der Waals surface area contributed by atoms with Crippen LogP contribution in [0.2, 0.25) is 5.02 Å². The third-order valence-corrected chi connectivity index (χ3v) is 3.75. The highest BCUT2D eigenvalue weighted by atomic mass is 35.5. The van der Waals surface area contributed by atoms with Crippen molar-refractivity contribution in [3.63, 3.8) is 0 Å². The highest BCUT2D eigenvalue weighted by Crippen LogP contribution is 2.11. The summed E-state index contributed by atoms with van der Waals surface area (Å²) in [6.45, 7) is 1.62. The molecule has 0 aliphatic rings. The van der Waals surface area contributed by atoms with E-state index in [1.165, 1.54) is 0 Å². The van der Waals surface area contributed by atoms with Gasteiger partial charge in [-0.1, -0.05) is 41.9 Å². The van der Waals surface area contributed by atoms with Crippen molar-refractivity contribution in [1.82, 2.24) is 5.32 Å². The highest BCUT2D eigenvalue weighted by molar-refractivity contribution is 6.30. The van der Waals surface area contributed by atoms with Crippen LogP contribution in [0, 0.1) is 0 Å². The van der Waals surface area contributed by atoms with Crippen molar-refractivity contribution in [1.29, 1.82) is 0 Å². The van der Waals surface area contributed by atoms with Crippen LogP contribution in [0.5, 0.6) is 0 Å². The lowest BCUT2D eigenvalue weighted by molar-refractivity contribution is -0.127. The molecule has 0 aliphatic heterocycles. The van der Waals surface area contributed by atoms with Crippen LogP contribution in [0.3, 0.4) is 0 Å². The largest absolute Gasteiger partial charge is 0.343 e. The Labute approximate surface area is 146 Å². The lowest BCUT2D eigenvalue weighted by Gasteiger charge is -2.17. The van der Waals surface area contributed by atoms with Crippen molar-refractivity contribution in [3.8, 4) is 0 Å². The van der Waals surface area contributed by atoms with Gasteiger partial charge in [-0.15, -0.1) is 0 Å². The number of para-hydroxylation sites is 1. The van der Waals surface area contributed by atoms with E-state index in [0.29, 0.717) is 17.1 Å². The first-order valence-electron chi connectivity index (χ1n) is 7.62. The van der Waals surface area contributed by atoms with Crippen LogP contribution in [0.1, 0.15) is 12.5 Å². The second kappa shape index (κ2) is 8.47. The van der Waals surface area contributed by atoms with Gasteiger partial charge in [-0.2, -0.15) is 0 Å². The summed E-state index contributed by atoms with van der Waals surface area (Å²) in [5, 5.41) is 5.99. The van der Waals surface area contributed by atoms with E-state index < -0.39 is 12.1 Å². The number of hydrogen-bond acceptors (Lipinski definition) is 3. The van der Waals surface area contributed by atoms with Crippen molar-refractivity contribution in [3.05, 3.63) is 65.2 Å². The van der Waals surface area contributed by atoms with Gasteiger partial charge in [0.2, 0.25) is 11.8 Å². The lowest BCUT2D eigenvalue weighted by Crippen LogP contribution is -2.49.